The zero-order valence-corrected chi connectivity index (χ0v) is 20.2. The molecule has 4 rings (SSSR count). The van der Waals surface area contributed by atoms with Gasteiger partial charge in [-0.2, -0.15) is 0 Å². The van der Waals surface area contributed by atoms with Crippen molar-refractivity contribution in [3.8, 4) is 0 Å². The number of benzene rings is 3. The SMILES string of the molecule is CCn1c(=O)n(CC)c2cc(S(=O)(=O)c3ccccc3)c(NC(=O)Cc3ccccc3C)cc21. The standard InChI is InChI=1S/C26H27N3O4S/c1-4-28-22-16-21(27-25(30)15-19-12-10-9-11-18(19)3)24(17-23(22)29(5-2)26(28)31)34(32,33)20-13-7-6-8-14-20/h6-14,16-17H,4-5,15H2,1-3H3,(H,27,30). The van der Waals surface area contributed by atoms with Crippen molar-refractivity contribution >= 4 is 32.5 Å². The van der Waals surface area contributed by atoms with Crippen LogP contribution in [0.5, 0.6) is 0 Å². The van der Waals surface area contributed by atoms with E-state index in [2.05, 4.69) is 5.32 Å². The lowest BCUT2D eigenvalue weighted by atomic mass is 10.1. The van der Waals surface area contributed by atoms with Gasteiger partial charge in [0.1, 0.15) is 0 Å². The maximum atomic E-state index is 13.6. The molecule has 0 saturated carbocycles. The third kappa shape index (κ3) is 4.17. The lowest BCUT2D eigenvalue weighted by Crippen LogP contribution is -2.23. The molecule has 0 bridgehead atoms. The molecule has 34 heavy (non-hydrogen) atoms. The second-order valence-electron chi connectivity index (χ2n) is 8.08. The third-order valence-electron chi connectivity index (χ3n) is 5.98. The van der Waals surface area contributed by atoms with Crippen LogP contribution in [0.15, 0.2) is 81.3 Å². The van der Waals surface area contributed by atoms with Crippen LogP contribution in [0.2, 0.25) is 0 Å². The number of fused-ring (bicyclic) bond motifs is 1. The normalized spacial score (nSPS) is 11.6. The first-order valence-electron chi connectivity index (χ1n) is 11.2. The Labute approximate surface area is 198 Å². The molecule has 0 spiro atoms. The summed E-state index contributed by atoms with van der Waals surface area (Å²) in [4.78, 5) is 25.9. The second-order valence-corrected chi connectivity index (χ2v) is 9.99. The average Bonchev–Trinajstić information content (AvgIpc) is 3.09. The maximum Gasteiger partial charge on any atom is 0.329 e. The number of carbonyl (C=O) groups is 1. The molecule has 0 aliphatic carbocycles. The molecular formula is C26H27N3O4S. The van der Waals surface area contributed by atoms with Crippen molar-refractivity contribution in [1.29, 1.82) is 0 Å². The molecule has 1 aromatic heterocycles. The first-order valence-corrected chi connectivity index (χ1v) is 12.7. The minimum atomic E-state index is -3.96. The van der Waals surface area contributed by atoms with Gasteiger partial charge >= 0.3 is 5.69 Å². The van der Waals surface area contributed by atoms with Crippen molar-refractivity contribution in [2.45, 2.75) is 50.1 Å². The van der Waals surface area contributed by atoms with Gasteiger partial charge in [-0.15, -0.1) is 0 Å². The number of amides is 1. The number of hydrogen-bond donors (Lipinski definition) is 1. The molecule has 1 heterocycles. The topological polar surface area (TPSA) is 90.2 Å². The lowest BCUT2D eigenvalue weighted by Gasteiger charge is -2.14. The van der Waals surface area contributed by atoms with E-state index in [0.29, 0.717) is 24.1 Å². The van der Waals surface area contributed by atoms with E-state index in [1.54, 1.807) is 33.4 Å². The Kier molecular flexibility index (Phi) is 6.43. The average molecular weight is 478 g/mol. The van der Waals surface area contributed by atoms with Crippen LogP contribution in [0.1, 0.15) is 25.0 Å². The molecule has 1 amide bonds. The first kappa shape index (κ1) is 23.5. The highest BCUT2D eigenvalue weighted by Crippen LogP contribution is 2.32. The zero-order valence-electron chi connectivity index (χ0n) is 19.4. The van der Waals surface area contributed by atoms with E-state index in [1.165, 1.54) is 18.2 Å². The summed E-state index contributed by atoms with van der Waals surface area (Å²) < 4.78 is 30.3. The van der Waals surface area contributed by atoms with E-state index in [4.69, 9.17) is 0 Å². The van der Waals surface area contributed by atoms with Gasteiger partial charge in [0.25, 0.3) is 0 Å². The van der Waals surface area contributed by atoms with Crippen molar-refractivity contribution in [3.63, 3.8) is 0 Å². The van der Waals surface area contributed by atoms with Gasteiger partial charge in [-0.05, 0) is 56.2 Å². The van der Waals surface area contributed by atoms with Gasteiger partial charge in [-0.3, -0.25) is 13.9 Å². The van der Waals surface area contributed by atoms with E-state index in [9.17, 15) is 18.0 Å². The van der Waals surface area contributed by atoms with Crippen LogP contribution in [-0.2, 0) is 34.1 Å². The number of imidazole rings is 1. The van der Waals surface area contributed by atoms with Gasteiger partial charge in [0, 0.05) is 13.1 Å². The number of rotatable bonds is 7. The van der Waals surface area contributed by atoms with E-state index < -0.39 is 9.84 Å². The van der Waals surface area contributed by atoms with Gasteiger partial charge in [-0.1, -0.05) is 42.5 Å². The summed E-state index contributed by atoms with van der Waals surface area (Å²) in [7, 11) is -3.96. The van der Waals surface area contributed by atoms with Gasteiger partial charge in [0.2, 0.25) is 15.7 Å². The smallest absolute Gasteiger partial charge is 0.325 e. The van der Waals surface area contributed by atoms with Gasteiger partial charge in [0.15, 0.2) is 0 Å². The number of sulfone groups is 1. The second kappa shape index (κ2) is 9.30. The minimum Gasteiger partial charge on any atom is -0.325 e. The van der Waals surface area contributed by atoms with Crippen LogP contribution >= 0.6 is 0 Å². The molecule has 0 atom stereocenters. The van der Waals surface area contributed by atoms with E-state index in [1.807, 2.05) is 45.0 Å². The van der Waals surface area contributed by atoms with Crippen LogP contribution < -0.4 is 11.0 Å². The zero-order chi connectivity index (χ0) is 24.5. The Hall–Kier alpha value is -3.65. The number of carbonyl (C=O) groups excluding carboxylic acids is 1. The van der Waals surface area contributed by atoms with Crippen LogP contribution in [0.25, 0.3) is 11.0 Å². The number of nitrogens with zero attached hydrogens (tertiary/aromatic N) is 2. The van der Waals surface area contributed by atoms with Crippen molar-refractivity contribution in [1.82, 2.24) is 9.13 Å². The predicted molar refractivity (Wildman–Crippen MR) is 133 cm³/mol. The molecule has 0 fully saturated rings. The summed E-state index contributed by atoms with van der Waals surface area (Å²) in [5, 5.41) is 2.81. The van der Waals surface area contributed by atoms with Crippen molar-refractivity contribution < 1.29 is 13.2 Å². The summed E-state index contributed by atoms with van der Waals surface area (Å²) in [6, 6.07) is 18.7. The summed E-state index contributed by atoms with van der Waals surface area (Å²) in [5.74, 6) is -0.335. The van der Waals surface area contributed by atoms with Gasteiger partial charge in [0.05, 0.1) is 32.9 Å². The van der Waals surface area contributed by atoms with Gasteiger partial charge < -0.3 is 5.32 Å². The highest BCUT2D eigenvalue weighted by molar-refractivity contribution is 7.91. The number of anilines is 1. The van der Waals surface area contributed by atoms with Crippen LogP contribution in [0.4, 0.5) is 5.69 Å². The monoisotopic (exact) mass is 477 g/mol. The van der Waals surface area contributed by atoms with Gasteiger partial charge in [-0.25, -0.2) is 13.2 Å². The quantitative estimate of drug-likeness (QED) is 0.433. The fourth-order valence-electron chi connectivity index (χ4n) is 4.18. The Morgan fingerprint density at radius 2 is 1.47 bits per heavy atom. The molecule has 3 aromatic carbocycles. The Balaban J connectivity index is 1.89. The molecule has 0 aliphatic heterocycles. The molecular weight excluding hydrogens is 450 g/mol. The Morgan fingerprint density at radius 3 is 2.09 bits per heavy atom. The fourth-order valence-corrected chi connectivity index (χ4v) is 5.61. The van der Waals surface area contributed by atoms with Crippen LogP contribution in [0, 0.1) is 6.92 Å². The van der Waals surface area contributed by atoms with E-state index in [0.717, 1.165) is 11.1 Å². The summed E-state index contributed by atoms with van der Waals surface area (Å²) in [5.41, 5.74) is 2.87. The fraction of sp³-hybridized carbons (Fsp3) is 0.231. The van der Waals surface area contributed by atoms with E-state index in [-0.39, 0.29) is 33.5 Å². The molecule has 0 radical (unpaired) electrons. The van der Waals surface area contributed by atoms with Crippen molar-refractivity contribution in [2.75, 3.05) is 5.32 Å². The van der Waals surface area contributed by atoms with Crippen LogP contribution in [-0.4, -0.2) is 23.5 Å². The minimum absolute atomic E-state index is 0.0419. The first-order chi connectivity index (χ1) is 16.3. The van der Waals surface area contributed by atoms with Crippen LogP contribution in [0.3, 0.4) is 0 Å². The van der Waals surface area contributed by atoms with Crippen molar-refractivity contribution in [3.05, 3.63) is 88.3 Å². The predicted octanol–water partition coefficient (Wildman–Crippen LogP) is 4.17. The highest BCUT2D eigenvalue weighted by atomic mass is 32.2. The molecule has 8 heteroatoms. The lowest BCUT2D eigenvalue weighted by molar-refractivity contribution is -0.115. The summed E-state index contributed by atoms with van der Waals surface area (Å²) in [6.07, 6.45) is 0.103. The highest BCUT2D eigenvalue weighted by Gasteiger charge is 2.25. The third-order valence-corrected chi connectivity index (χ3v) is 7.79. The Bertz CT molecular complexity index is 1530. The summed E-state index contributed by atoms with van der Waals surface area (Å²) in [6.45, 7) is 6.43. The largest absolute Gasteiger partial charge is 0.329 e. The molecule has 0 unspecified atom stereocenters. The number of hydrogen-bond acceptors (Lipinski definition) is 4. The number of aromatic nitrogens is 2. The van der Waals surface area contributed by atoms with E-state index >= 15 is 0 Å². The Morgan fingerprint density at radius 1 is 0.882 bits per heavy atom. The molecule has 7 nitrogen and oxygen atoms in total. The molecule has 0 aliphatic rings. The molecule has 4 aromatic rings. The maximum absolute atomic E-state index is 13.6. The molecule has 176 valence electrons. The number of nitrogens with one attached hydrogen (secondary N) is 1. The number of aryl methyl sites for hydroxylation is 3. The summed E-state index contributed by atoms with van der Waals surface area (Å²) >= 11 is 0. The molecule has 1 N–H and O–H groups in total. The van der Waals surface area contributed by atoms with Crippen molar-refractivity contribution in [2.24, 2.45) is 0 Å². The molecule has 0 saturated heterocycles.